The molecule has 0 bridgehead atoms. The Labute approximate surface area is 188 Å². The number of furan rings is 1. The van der Waals surface area contributed by atoms with Crippen LogP contribution in [-0.4, -0.2) is 46.7 Å². The Hall–Kier alpha value is -3.84. The van der Waals surface area contributed by atoms with E-state index in [4.69, 9.17) is 23.8 Å². The van der Waals surface area contributed by atoms with Crippen molar-refractivity contribution in [3.8, 4) is 5.75 Å². The molecule has 1 aliphatic rings. The molecule has 4 N–H and O–H groups in total. The molecule has 0 spiro atoms. The fourth-order valence-electron chi connectivity index (χ4n) is 3.09. The molecule has 0 aliphatic carbocycles. The van der Waals surface area contributed by atoms with Gasteiger partial charge in [-0.1, -0.05) is 0 Å². The molecule has 12 nitrogen and oxygen atoms in total. The molecular formula is C20H21N3O9S. The van der Waals surface area contributed by atoms with Crippen molar-refractivity contribution in [3.63, 3.8) is 0 Å². The number of benzene rings is 1. The minimum Gasteiger partial charge on any atom is -0.496 e. The largest absolute Gasteiger partial charge is 0.496 e. The second-order valence-electron chi connectivity index (χ2n) is 6.64. The number of amides is 2. The number of ether oxygens (including phenoxy) is 3. The zero-order valence-electron chi connectivity index (χ0n) is 17.6. The van der Waals surface area contributed by atoms with E-state index in [-0.39, 0.29) is 39.8 Å². The number of sulfonamides is 1. The van der Waals surface area contributed by atoms with Gasteiger partial charge in [0.05, 0.1) is 36.1 Å². The van der Waals surface area contributed by atoms with Crippen molar-refractivity contribution in [2.75, 3.05) is 20.3 Å². The SMILES string of the molecule is CCOC(=O)C1=C(COC(=O)c2cc(S(N)(=O)=O)ccc2OC)NC(=O)NC1c1ccco1. The number of carbonyl (C=O) groups is 3. The van der Waals surface area contributed by atoms with Crippen LogP contribution < -0.4 is 20.5 Å². The lowest BCUT2D eigenvalue weighted by atomic mass is 10.0. The predicted octanol–water partition coefficient (Wildman–Crippen LogP) is 0.964. The molecule has 1 aliphatic heterocycles. The smallest absolute Gasteiger partial charge is 0.342 e. The highest BCUT2D eigenvalue weighted by Gasteiger charge is 2.36. The van der Waals surface area contributed by atoms with Crippen molar-refractivity contribution < 1.29 is 41.4 Å². The number of methoxy groups -OCH3 is 1. The Morgan fingerprint density at radius 1 is 1.18 bits per heavy atom. The zero-order chi connectivity index (χ0) is 24.2. The van der Waals surface area contributed by atoms with E-state index in [1.807, 2.05) is 0 Å². The Balaban J connectivity index is 1.94. The number of nitrogens with one attached hydrogen (secondary N) is 2. The molecule has 0 fully saturated rings. The molecule has 2 aromatic rings. The van der Waals surface area contributed by atoms with Gasteiger partial charge in [-0.3, -0.25) is 0 Å². The molecule has 2 amide bonds. The van der Waals surface area contributed by atoms with Crippen LogP contribution in [0.25, 0.3) is 0 Å². The first kappa shape index (κ1) is 23.8. The number of urea groups is 1. The first-order chi connectivity index (χ1) is 15.7. The van der Waals surface area contributed by atoms with Gasteiger partial charge < -0.3 is 29.3 Å². The summed E-state index contributed by atoms with van der Waals surface area (Å²) in [6.45, 7) is 1.13. The second kappa shape index (κ2) is 9.75. The summed E-state index contributed by atoms with van der Waals surface area (Å²) in [5.74, 6) is -1.43. The topological polar surface area (TPSA) is 176 Å². The molecule has 13 heteroatoms. The maximum Gasteiger partial charge on any atom is 0.342 e. The van der Waals surface area contributed by atoms with Crippen molar-refractivity contribution in [1.29, 1.82) is 0 Å². The van der Waals surface area contributed by atoms with Gasteiger partial charge in [-0.05, 0) is 37.3 Å². The Morgan fingerprint density at radius 2 is 1.94 bits per heavy atom. The molecule has 1 aromatic carbocycles. The Morgan fingerprint density at radius 3 is 2.55 bits per heavy atom. The highest BCUT2D eigenvalue weighted by Crippen LogP contribution is 2.29. The maximum atomic E-state index is 12.7. The van der Waals surface area contributed by atoms with Crippen molar-refractivity contribution >= 4 is 28.0 Å². The monoisotopic (exact) mass is 479 g/mol. The van der Waals surface area contributed by atoms with Crippen LogP contribution >= 0.6 is 0 Å². The summed E-state index contributed by atoms with van der Waals surface area (Å²) in [5.41, 5.74) is -0.275. The van der Waals surface area contributed by atoms with Gasteiger partial charge in [0.2, 0.25) is 10.0 Å². The average molecular weight is 479 g/mol. The number of nitrogens with two attached hydrogens (primary N) is 1. The van der Waals surface area contributed by atoms with Crippen molar-refractivity contribution in [1.82, 2.24) is 10.6 Å². The van der Waals surface area contributed by atoms with Gasteiger partial charge in [-0.25, -0.2) is 27.9 Å². The lowest BCUT2D eigenvalue weighted by Crippen LogP contribution is -2.47. The highest BCUT2D eigenvalue weighted by atomic mass is 32.2. The first-order valence-corrected chi connectivity index (χ1v) is 11.1. The van der Waals surface area contributed by atoms with Gasteiger partial charge >= 0.3 is 18.0 Å². The molecule has 2 heterocycles. The third kappa shape index (κ3) is 5.32. The number of carbonyl (C=O) groups excluding carboxylic acids is 3. The molecule has 1 atom stereocenters. The molecule has 0 saturated heterocycles. The van der Waals surface area contributed by atoms with Gasteiger partial charge in [-0.2, -0.15) is 0 Å². The summed E-state index contributed by atoms with van der Waals surface area (Å²) < 4.78 is 44.0. The van der Waals surface area contributed by atoms with Crippen molar-refractivity contribution in [2.45, 2.75) is 17.9 Å². The fourth-order valence-corrected chi connectivity index (χ4v) is 3.63. The standard InChI is InChI=1S/C20H21N3O9S/c1-3-30-19(25)16-13(22-20(26)23-17(16)15-5-4-8-31-15)10-32-18(24)12-9-11(33(21,27)28)6-7-14(12)29-2/h4-9,17H,3,10H2,1-2H3,(H2,21,27,28)(H2,22,23,26). The van der Waals surface area contributed by atoms with Gasteiger partial charge in [-0.15, -0.1) is 0 Å². The van der Waals surface area contributed by atoms with E-state index in [0.717, 1.165) is 6.07 Å². The van der Waals surface area contributed by atoms with Crippen molar-refractivity contribution in [2.24, 2.45) is 5.14 Å². The molecular weight excluding hydrogens is 458 g/mol. The van der Waals surface area contributed by atoms with Crippen molar-refractivity contribution in [3.05, 3.63) is 59.2 Å². The van der Waals surface area contributed by atoms with Gasteiger partial charge in [0.15, 0.2) is 0 Å². The van der Waals surface area contributed by atoms with Crippen LogP contribution in [-0.2, 0) is 24.3 Å². The van der Waals surface area contributed by atoms with E-state index in [2.05, 4.69) is 10.6 Å². The third-order valence-electron chi connectivity index (χ3n) is 4.54. The van der Waals surface area contributed by atoms with Gasteiger partial charge in [0.25, 0.3) is 0 Å². The summed E-state index contributed by atoms with van der Waals surface area (Å²) in [6.07, 6.45) is 1.37. The van der Waals surface area contributed by atoms with Crippen LogP contribution in [0.1, 0.15) is 29.1 Å². The summed E-state index contributed by atoms with van der Waals surface area (Å²) in [4.78, 5) is 37.2. The molecule has 33 heavy (non-hydrogen) atoms. The molecule has 1 unspecified atom stereocenters. The first-order valence-electron chi connectivity index (χ1n) is 9.54. The van der Waals surface area contributed by atoms with Gasteiger partial charge in [0.1, 0.15) is 29.7 Å². The predicted molar refractivity (Wildman–Crippen MR) is 111 cm³/mol. The minimum atomic E-state index is -4.09. The van der Waals surface area contributed by atoms with E-state index in [9.17, 15) is 22.8 Å². The molecule has 0 radical (unpaired) electrons. The third-order valence-corrected chi connectivity index (χ3v) is 5.45. The van der Waals surface area contributed by atoms with E-state index >= 15 is 0 Å². The van der Waals surface area contributed by atoms with Crippen LogP contribution in [0.15, 0.2) is 57.2 Å². The lowest BCUT2D eigenvalue weighted by molar-refractivity contribution is -0.139. The average Bonchev–Trinajstić information content (AvgIpc) is 3.31. The van der Waals surface area contributed by atoms with Crippen LogP contribution in [0, 0.1) is 0 Å². The van der Waals surface area contributed by atoms with E-state index in [0.29, 0.717) is 0 Å². The molecule has 3 rings (SSSR count). The second-order valence-corrected chi connectivity index (χ2v) is 8.20. The summed E-state index contributed by atoms with van der Waals surface area (Å²) in [5, 5.41) is 10.1. The summed E-state index contributed by atoms with van der Waals surface area (Å²) in [6, 6.07) is 4.92. The maximum absolute atomic E-state index is 12.7. The normalized spacial score (nSPS) is 16.0. The number of hydrogen-bond donors (Lipinski definition) is 3. The van der Waals surface area contributed by atoms with E-state index < -0.39 is 40.6 Å². The summed E-state index contributed by atoms with van der Waals surface area (Å²) in [7, 11) is -2.81. The molecule has 1 aromatic heterocycles. The quantitative estimate of drug-likeness (QED) is 0.465. The molecule has 0 saturated carbocycles. The minimum absolute atomic E-state index is 0.0237. The fraction of sp³-hybridized carbons (Fsp3) is 0.250. The Kier molecular flexibility index (Phi) is 7.04. The zero-order valence-corrected chi connectivity index (χ0v) is 18.4. The number of esters is 2. The lowest BCUT2D eigenvalue weighted by Gasteiger charge is -2.27. The van der Waals surface area contributed by atoms with Crippen LogP contribution in [0.4, 0.5) is 4.79 Å². The Bertz CT molecular complexity index is 1200. The van der Waals surface area contributed by atoms with Crippen LogP contribution in [0.2, 0.25) is 0 Å². The van der Waals surface area contributed by atoms with Crippen LogP contribution in [0.5, 0.6) is 5.75 Å². The number of primary sulfonamides is 1. The number of hydrogen-bond acceptors (Lipinski definition) is 9. The highest BCUT2D eigenvalue weighted by molar-refractivity contribution is 7.89. The van der Waals surface area contributed by atoms with Crippen LogP contribution in [0.3, 0.4) is 0 Å². The van der Waals surface area contributed by atoms with Gasteiger partial charge in [0, 0.05) is 0 Å². The summed E-state index contributed by atoms with van der Waals surface area (Å²) >= 11 is 0. The number of rotatable bonds is 8. The molecule has 176 valence electrons. The van der Waals surface area contributed by atoms with E-state index in [1.54, 1.807) is 19.1 Å². The van der Waals surface area contributed by atoms with E-state index in [1.165, 1.54) is 25.5 Å².